The minimum atomic E-state index is -0.408. The summed E-state index contributed by atoms with van der Waals surface area (Å²) in [6.07, 6.45) is 0. The first kappa shape index (κ1) is 16.3. The first-order valence-corrected chi connectivity index (χ1v) is 6.94. The number of halogens is 2. The van der Waals surface area contributed by atoms with Crippen molar-refractivity contribution in [1.29, 1.82) is 0 Å². The molecule has 2 rings (SSSR count). The number of anilines is 1. The van der Waals surface area contributed by atoms with Crippen LogP contribution < -0.4 is 10.8 Å². The predicted octanol–water partition coefficient (Wildman–Crippen LogP) is 2.09. The molecule has 3 N–H and O–H groups in total. The highest BCUT2D eigenvalue weighted by atomic mass is 79.9. The summed E-state index contributed by atoms with van der Waals surface area (Å²) in [5, 5.41) is 19.5. The van der Waals surface area contributed by atoms with Crippen LogP contribution in [0.3, 0.4) is 0 Å². The number of ether oxygens (including phenoxy) is 1. The lowest BCUT2D eigenvalue weighted by Crippen LogP contribution is -2.22. The van der Waals surface area contributed by atoms with Crippen molar-refractivity contribution in [3.05, 3.63) is 34.2 Å². The Bertz CT molecular complexity index is 664. The number of nitrogens with zero attached hydrogens (tertiary/aromatic N) is 3. The Morgan fingerprint density at radius 1 is 1.50 bits per heavy atom. The van der Waals surface area contributed by atoms with E-state index in [-0.39, 0.29) is 17.3 Å². The van der Waals surface area contributed by atoms with E-state index in [1.165, 1.54) is 18.2 Å². The zero-order valence-electron chi connectivity index (χ0n) is 11.5. The smallest absolute Gasteiger partial charge is 0.202 e. The van der Waals surface area contributed by atoms with E-state index in [2.05, 4.69) is 41.2 Å². The molecule has 0 aliphatic heterocycles. The maximum atomic E-state index is 13.1. The number of amidine groups is 1. The number of rotatable bonds is 6. The molecule has 1 heterocycles. The average Bonchev–Trinajstić information content (AvgIpc) is 2.95. The van der Waals surface area contributed by atoms with Crippen LogP contribution in [0.15, 0.2) is 32.3 Å². The van der Waals surface area contributed by atoms with Gasteiger partial charge >= 0.3 is 0 Å². The molecule has 22 heavy (non-hydrogen) atoms. The fraction of sp³-hybridized carbons (Fsp3) is 0.250. The fourth-order valence-electron chi connectivity index (χ4n) is 1.55. The van der Waals surface area contributed by atoms with Crippen molar-refractivity contribution in [3.8, 4) is 0 Å². The van der Waals surface area contributed by atoms with Gasteiger partial charge in [-0.25, -0.2) is 14.0 Å². The van der Waals surface area contributed by atoms with E-state index in [0.29, 0.717) is 23.3 Å². The lowest BCUT2D eigenvalue weighted by molar-refractivity contribution is 0.210. The van der Waals surface area contributed by atoms with Crippen LogP contribution in [-0.2, 0) is 4.74 Å². The van der Waals surface area contributed by atoms with Crippen LogP contribution in [0.5, 0.6) is 0 Å². The summed E-state index contributed by atoms with van der Waals surface area (Å²) >= 11 is 3.19. The quantitative estimate of drug-likeness (QED) is 0.308. The molecular weight excluding hydrogens is 361 g/mol. The minimum Gasteiger partial charge on any atom is -0.383 e. The van der Waals surface area contributed by atoms with Crippen LogP contribution >= 0.6 is 15.9 Å². The van der Waals surface area contributed by atoms with Crippen LogP contribution in [-0.4, -0.2) is 41.6 Å². The molecule has 0 spiro atoms. The zero-order valence-corrected chi connectivity index (χ0v) is 13.1. The van der Waals surface area contributed by atoms with Crippen LogP contribution in [0.2, 0.25) is 0 Å². The molecule has 2 aromatic rings. The third kappa shape index (κ3) is 4.00. The SMILES string of the molecule is COCCNc1nonc1C(=Nc1ccc(F)cc1Br)NO. The van der Waals surface area contributed by atoms with Crippen molar-refractivity contribution in [2.24, 2.45) is 4.99 Å². The second-order valence-corrected chi connectivity index (χ2v) is 4.90. The van der Waals surface area contributed by atoms with Crippen LogP contribution in [0.4, 0.5) is 15.9 Å². The highest BCUT2D eigenvalue weighted by Crippen LogP contribution is 2.26. The second-order valence-electron chi connectivity index (χ2n) is 4.05. The van der Waals surface area contributed by atoms with Gasteiger partial charge in [0.25, 0.3) is 0 Å². The Morgan fingerprint density at radius 2 is 2.32 bits per heavy atom. The molecule has 0 unspecified atom stereocenters. The summed E-state index contributed by atoms with van der Waals surface area (Å²) in [4.78, 5) is 4.16. The highest BCUT2D eigenvalue weighted by molar-refractivity contribution is 9.10. The third-order valence-corrected chi connectivity index (χ3v) is 3.19. The van der Waals surface area contributed by atoms with E-state index >= 15 is 0 Å². The summed E-state index contributed by atoms with van der Waals surface area (Å²) in [6.45, 7) is 0.922. The van der Waals surface area contributed by atoms with E-state index < -0.39 is 5.82 Å². The number of benzene rings is 1. The van der Waals surface area contributed by atoms with Gasteiger partial charge in [0.15, 0.2) is 11.5 Å². The van der Waals surface area contributed by atoms with Crippen molar-refractivity contribution in [3.63, 3.8) is 0 Å². The standard InChI is InChI=1S/C12H13BrFN5O3/c1-21-5-4-15-11-10(18-22-19-11)12(17-20)16-9-3-2-7(14)6-8(9)13/h2-3,6,20H,4-5H2,1H3,(H,15,19)(H,16,17). The van der Waals surface area contributed by atoms with Gasteiger partial charge in [-0.1, -0.05) is 0 Å². The number of hydrogen-bond donors (Lipinski definition) is 3. The van der Waals surface area contributed by atoms with Gasteiger partial charge in [0.2, 0.25) is 5.82 Å². The van der Waals surface area contributed by atoms with Crippen molar-refractivity contribution in [2.45, 2.75) is 0 Å². The van der Waals surface area contributed by atoms with Gasteiger partial charge in [0, 0.05) is 18.1 Å². The Kier molecular flexibility index (Phi) is 5.81. The number of hydrogen-bond acceptors (Lipinski definition) is 7. The zero-order chi connectivity index (χ0) is 15.9. The Labute approximate surface area is 133 Å². The van der Waals surface area contributed by atoms with Crippen LogP contribution in [0.25, 0.3) is 0 Å². The van der Waals surface area contributed by atoms with Gasteiger partial charge in [-0.3, -0.25) is 10.7 Å². The second kappa shape index (κ2) is 7.82. The van der Waals surface area contributed by atoms with Crippen molar-refractivity contribution in [2.75, 3.05) is 25.6 Å². The monoisotopic (exact) mass is 373 g/mol. The molecule has 0 aliphatic carbocycles. The average molecular weight is 374 g/mol. The third-order valence-electron chi connectivity index (χ3n) is 2.56. The molecule has 10 heteroatoms. The lowest BCUT2D eigenvalue weighted by Gasteiger charge is -2.06. The van der Waals surface area contributed by atoms with Gasteiger partial charge in [-0.15, -0.1) is 0 Å². The summed E-state index contributed by atoms with van der Waals surface area (Å²) in [5.41, 5.74) is 2.50. The van der Waals surface area contributed by atoms with Crippen molar-refractivity contribution >= 4 is 33.3 Å². The molecular formula is C12H13BrFN5O3. The van der Waals surface area contributed by atoms with E-state index in [9.17, 15) is 9.60 Å². The predicted molar refractivity (Wildman–Crippen MR) is 79.9 cm³/mol. The van der Waals surface area contributed by atoms with E-state index in [1.54, 1.807) is 7.11 Å². The lowest BCUT2D eigenvalue weighted by atomic mass is 10.3. The summed E-state index contributed by atoms with van der Waals surface area (Å²) in [5.74, 6) is -0.126. The first-order valence-electron chi connectivity index (χ1n) is 6.15. The largest absolute Gasteiger partial charge is 0.383 e. The van der Waals surface area contributed by atoms with Gasteiger partial charge in [0.05, 0.1) is 12.3 Å². The van der Waals surface area contributed by atoms with Gasteiger partial charge in [-0.05, 0) is 44.4 Å². The fourth-order valence-corrected chi connectivity index (χ4v) is 1.99. The molecule has 0 amide bonds. The van der Waals surface area contributed by atoms with Crippen molar-refractivity contribution in [1.82, 2.24) is 15.8 Å². The van der Waals surface area contributed by atoms with Crippen LogP contribution in [0.1, 0.15) is 5.69 Å². The molecule has 0 saturated carbocycles. The Hall–Kier alpha value is -2.04. The van der Waals surface area contributed by atoms with Gasteiger partial charge < -0.3 is 10.1 Å². The van der Waals surface area contributed by atoms with E-state index in [4.69, 9.17) is 4.74 Å². The van der Waals surface area contributed by atoms with E-state index in [0.717, 1.165) is 0 Å². The Morgan fingerprint density at radius 3 is 3.00 bits per heavy atom. The number of aliphatic imine (C=N–C) groups is 1. The number of nitrogens with one attached hydrogen (secondary N) is 2. The minimum absolute atomic E-state index is 0.00604. The normalized spacial score (nSPS) is 11.5. The molecule has 0 atom stereocenters. The first-order chi connectivity index (χ1) is 10.7. The maximum Gasteiger partial charge on any atom is 0.202 e. The van der Waals surface area contributed by atoms with E-state index in [1.807, 2.05) is 5.48 Å². The summed E-state index contributed by atoms with van der Waals surface area (Å²) in [6, 6.07) is 3.95. The Balaban J connectivity index is 2.28. The number of methoxy groups -OCH3 is 1. The molecule has 8 nitrogen and oxygen atoms in total. The molecule has 0 aliphatic rings. The molecule has 1 aromatic heterocycles. The highest BCUT2D eigenvalue weighted by Gasteiger charge is 2.16. The van der Waals surface area contributed by atoms with Crippen molar-refractivity contribution < 1.29 is 19.0 Å². The summed E-state index contributed by atoms with van der Waals surface area (Å²) in [7, 11) is 1.57. The molecule has 0 saturated heterocycles. The molecule has 0 radical (unpaired) electrons. The summed E-state index contributed by atoms with van der Waals surface area (Å²) < 4.78 is 23.0. The molecule has 1 aromatic carbocycles. The number of hydroxylamine groups is 1. The molecule has 118 valence electrons. The topological polar surface area (TPSA) is 105 Å². The molecule has 0 fully saturated rings. The van der Waals surface area contributed by atoms with Crippen LogP contribution in [0, 0.1) is 5.82 Å². The molecule has 0 bridgehead atoms. The van der Waals surface area contributed by atoms with Gasteiger partial charge in [0.1, 0.15) is 5.82 Å². The number of aromatic nitrogens is 2. The maximum absolute atomic E-state index is 13.1. The van der Waals surface area contributed by atoms with Gasteiger partial charge in [-0.2, -0.15) is 0 Å².